The van der Waals surface area contributed by atoms with E-state index in [0.29, 0.717) is 42.6 Å². The number of carbonyl (C=O) groups is 1. The van der Waals surface area contributed by atoms with Crippen LogP contribution in [0.4, 0.5) is 0 Å². The second kappa shape index (κ2) is 13.1. The van der Waals surface area contributed by atoms with Crippen LogP contribution in [0.5, 0.6) is 17.2 Å². The van der Waals surface area contributed by atoms with Crippen molar-refractivity contribution >= 4 is 5.97 Å². The Bertz CT molecular complexity index is 1370. The van der Waals surface area contributed by atoms with Crippen molar-refractivity contribution < 1.29 is 28.5 Å². The average molecular weight is 527 g/mol. The Hall–Kier alpha value is -4.90. The van der Waals surface area contributed by atoms with Crippen LogP contribution in [0.3, 0.4) is 0 Å². The molecular formula is C31H30N2O6. The van der Waals surface area contributed by atoms with Crippen molar-refractivity contribution in [2.24, 2.45) is 5.73 Å². The highest BCUT2D eigenvalue weighted by Crippen LogP contribution is 2.40. The topological polar surface area (TPSA) is 113 Å². The first kappa shape index (κ1) is 27.1. The third kappa shape index (κ3) is 6.90. The molecule has 1 aliphatic rings. The molecule has 3 aromatic rings. The van der Waals surface area contributed by atoms with Crippen LogP contribution >= 0.6 is 0 Å². The van der Waals surface area contributed by atoms with E-state index in [9.17, 15) is 10.1 Å². The van der Waals surface area contributed by atoms with Crippen molar-refractivity contribution in [2.45, 2.75) is 26.4 Å². The second-order valence-corrected chi connectivity index (χ2v) is 8.63. The van der Waals surface area contributed by atoms with Crippen LogP contribution in [-0.4, -0.2) is 25.8 Å². The van der Waals surface area contributed by atoms with Crippen molar-refractivity contribution in [3.63, 3.8) is 0 Å². The van der Waals surface area contributed by atoms with Gasteiger partial charge in [0.1, 0.15) is 54.5 Å². The molecule has 0 bridgehead atoms. The molecule has 0 saturated carbocycles. The molecule has 200 valence electrons. The van der Waals surface area contributed by atoms with E-state index >= 15 is 0 Å². The van der Waals surface area contributed by atoms with Crippen LogP contribution in [0.1, 0.15) is 30.9 Å². The molecule has 3 aromatic carbocycles. The van der Waals surface area contributed by atoms with Crippen molar-refractivity contribution in [3.8, 4) is 23.3 Å². The van der Waals surface area contributed by atoms with Crippen LogP contribution in [0.2, 0.25) is 0 Å². The number of esters is 1. The predicted molar refractivity (Wildman–Crippen MR) is 145 cm³/mol. The SMILES string of the molecule is CCOC(=O)C1=C(C)OC(N)=C(C#N)C1c1ccc(OCCOc2ccc(OCc3ccccc3)cc2)cc1. The van der Waals surface area contributed by atoms with Gasteiger partial charge in [0.2, 0.25) is 5.88 Å². The fourth-order valence-electron chi connectivity index (χ4n) is 4.14. The molecule has 8 nitrogen and oxygen atoms in total. The van der Waals surface area contributed by atoms with Gasteiger partial charge in [-0.15, -0.1) is 0 Å². The van der Waals surface area contributed by atoms with Crippen molar-refractivity contribution in [2.75, 3.05) is 19.8 Å². The number of allylic oxidation sites excluding steroid dienone is 2. The number of nitriles is 1. The zero-order chi connectivity index (χ0) is 27.6. The third-order valence-electron chi connectivity index (χ3n) is 6.01. The Balaban J connectivity index is 1.31. The molecule has 0 aromatic heterocycles. The number of nitrogens with zero attached hydrogens (tertiary/aromatic N) is 1. The van der Waals surface area contributed by atoms with Gasteiger partial charge in [0.25, 0.3) is 0 Å². The van der Waals surface area contributed by atoms with Crippen LogP contribution in [0.15, 0.2) is 102 Å². The summed E-state index contributed by atoms with van der Waals surface area (Å²) in [5.41, 5.74) is 8.16. The Labute approximate surface area is 227 Å². The number of hydrogen-bond donors (Lipinski definition) is 1. The van der Waals surface area contributed by atoms with Gasteiger partial charge in [-0.2, -0.15) is 5.26 Å². The quantitative estimate of drug-likeness (QED) is 0.262. The maximum atomic E-state index is 12.7. The number of ether oxygens (including phenoxy) is 5. The molecule has 8 heteroatoms. The molecule has 0 spiro atoms. The van der Waals surface area contributed by atoms with Crippen molar-refractivity contribution in [3.05, 3.63) is 113 Å². The summed E-state index contributed by atoms with van der Waals surface area (Å²) in [6.45, 7) is 4.72. The maximum Gasteiger partial charge on any atom is 0.338 e. The summed E-state index contributed by atoms with van der Waals surface area (Å²) < 4.78 is 28.0. The highest BCUT2D eigenvalue weighted by Gasteiger charge is 2.36. The molecule has 1 atom stereocenters. The summed E-state index contributed by atoms with van der Waals surface area (Å²) in [4.78, 5) is 12.7. The van der Waals surface area contributed by atoms with Crippen molar-refractivity contribution in [1.29, 1.82) is 5.26 Å². The minimum absolute atomic E-state index is 0.0266. The number of nitrogens with two attached hydrogens (primary N) is 1. The largest absolute Gasteiger partial charge is 0.490 e. The minimum atomic E-state index is -0.695. The standard InChI is InChI=1S/C31H30N2O6/c1-3-35-31(34)28-21(2)39-30(33)27(19-32)29(28)23-9-11-24(12-10-23)36-17-18-37-25-13-15-26(16-14-25)38-20-22-7-5-4-6-8-22/h4-16,29H,3,17-18,20,33H2,1-2H3. The molecule has 0 radical (unpaired) electrons. The van der Waals surface area contributed by atoms with E-state index in [-0.39, 0.29) is 23.6 Å². The Morgan fingerprint density at radius 3 is 2.03 bits per heavy atom. The van der Waals surface area contributed by atoms with Gasteiger partial charge in [0, 0.05) is 0 Å². The van der Waals surface area contributed by atoms with E-state index < -0.39 is 11.9 Å². The molecule has 0 fully saturated rings. The van der Waals surface area contributed by atoms with Gasteiger partial charge in [-0.1, -0.05) is 42.5 Å². The fourth-order valence-corrected chi connectivity index (χ4v) is 4.14. The fraction of sp³-hybridized carbons (Fsp3) is 0.226. The van der Waals surface area contributed by atoms with Gasteiger partial charge in [-0.25, -0.2) is 4.79 Å². The smallest absolute Gasteiger partial charge is 0.338 e. The number of benzene rings is 3. The number of rotatable bonds is 11. The van der Waals surface area contributed by atoms with Crippen LogP contribution in [0, 0.1) is 11.3 Å². The summed E-state index contributed by atoms with van der Waals surface area (Å²) in [5.74, 6) is 1.13. The molecule has 1 heterocycles. The van der Waals surface area contributed by atoms with E-state index in [4.69, 9.17) is 29.4 Å². The normalized spacial score (nSPS) is 14.7. The zero-order valence-corrected chi connectivity index (χ0v) is 21.9. The van der Waals surface area contributed by atoms with Crippen LogP contribution in [0.25, 0.3) is 0 Å². The first-order valence-electron chi connectivity index (χ1n) is 12.6. The molecule has 0 saturated heterocycles. The highest BCUT2D eigenvalue weighted by molar-refractivity contribution is 5.92. The Morgan fingerprint density at radius 1 is 0.897 bits per heavy atom. The van der Waals surface area contributed by atoms with Gasteiger partial charge in [0.15, 0.2) is 0 Å². The zero-order valence-electron chi connectivity index (χ0n) is 21.9. The lowest BCUT2D eigenvalue weighted by Crippen LogP contribution is -2.25. The maximum absolute atomic E-state index is 12.7. The van der Waals surface area contributed by atoms with E-state index in [1.807, 2.05) is 54.6 Å². The number of hydrogen-bond acceptors (Lipinski definition) is 8. The van der Waals surface area contributed by atoms with Gasteiger partial charge >= 0.3 is 5.97 Å². The van der Waals surface area contributed by atoms with E-state index in [1.165, 1.54) is 0 Å². The predicted octanol–water partition coefficient (Wildman–Crippen LogP) is 5.37. The summed E-state index contributed by atoms with van der Waals surface area (Å²) in [6.07, 6.45) is 0. The molecule has 1 aliphatic heterocycles. The lowest BCUT2D eigenvalue weighted by Gasteiger charge is -2.26. The molecule has 0 amide bonds. The van der Waals surface area contributed by atoms with Crippen LogP contribution in [-0.2, 0) is 20.9 Å². The molecule has 0 aliphatic carbocycles. The van der Waals surface area contributed by atoms with Crippen LogP contribution < -0.4 is 19.9 Å². The summed E-state index contributed by atoms with van der Waals surface area (Å²) in [7, 11) is 0. The summed E-state index contributed by atoms with van der Waals surface area (Å²) >= 11 is 0. The first-order chi connectivity index (χ1) is 19.0. The molecule has 39 heavy (non-hydrogen) atoms. The highest BCUT2D eigenvalue weighted by atomic mass is 16.5. The molecule has 2 N–H and O–H groups in total. The average Bonchev–Trinajstić information content (AvgIpc) is 2.95. The van der Waals surface area contributed by atoms with Gasteiger partial charge in [-0.3, -0.25) is 0 Å². The van der Waals surface area contributed by atoms with Crippen molar-refractivity contribution in [1.82, 2.24) is 0 Å². The monoisotopic (exact) mass is 526 g/mol. The Morgan fingerprint density at radius 2 is 1.46 bits per heavy atom. The van der Waals surface area contributed by atoms with E-state index in [0.717, 1.165) is 11.3 Å². The molecule has 1 unspecified atom stereocenters. The lowest BCUT2D eigenvalue weighted by atomic mass is 9.83. The van der Waals surface area contributed by atoms with Gasteiger partial charge < -0.3 is 29.4 Å². The summed E-state index contributed by atoms with van der Waals surface area (Å²) in [5, 5.41) is 9.70. The minimum Gasteiger partial charge on any atom is -0.490 e. The Kier molecular flexibility index (Phi) is 9.09. The first-order valence-corrected chi connectivity index (χ1v) is 12.6. The van der Waals surface area contributed by atoms with Gasteiger partial charge in [-0.05, 0) is 61.4 Å². The third-order valence-corrected chi connectivity index (χ3v) is 6.01. The second-order valence-electron chi connectivity index (χ2n) is 8.63. The summed E-state index contributed by atoms with van der Waals surface area (Å²) in [6, 6.07) is 26.6. The van der Waals surface area contributed by atoms with Gasteiger partial charge in [0.05, 0.1) is 18.1 Å². The van der Waals surface area contributed by atoms with E-state index in [2.05, 4.69) is 6.07 Å². The van der Waals surface area contributed by atoms with E-state index in [1.54, 1.807) is 38.1 Å². The number of carbonyl (C=O) groups excluding carboxylic acids is 1. The molecule has 4 rings (SSSR count). The lowest BCUT2D eigenvalue weighted by molar-refractivity contribution is -0.139. The molecular weight excluding hydrogens is 496 g/mol.